The average molecular weight is 241 g/mol. The van der Waals surface area contributed by atoms with E-state index in [9.17, 15) is 0 Å². The van der Waals surface area contributed by atoms with Gasteiger partial charge < -0.3 is 11.1 Å². The van der Waals surface area contributed by atoms with E-state index < -0.39 is 0 Å². The highest BCUT2D eigenvalue weighted by Gasteiger charge is 2.20. The molecule has 88 valence electrons. The Hall–Kier alpha value is -0.710. The van der Waals surface area contributed by atoms with Gasteiger partial charge in [-0.3, -0.25) is 0 Å². The monoisotopic (exact) mass is 240 g/mol. The summed E-state index contributed by atoms with van der Waals surface area (Å²) in [4.78, 5) is 7.99. The maximum absolute atomic E-state index is 6.05. The van der Waals surface area contributed by atoms with Crippen LogP contribution in [0, 0.1) is 0 Å². The van der Waals surface area contributed by atoms with Crippen molar-refractivity contribution in [3.63, 3.8) is 0 Å². The van der Waals surface area contributed by atoms with E-state index in [0.29, 0.717) is 17.9 Å². The van der Waals surface area contributed by atoms with Crippen molar-refractivity contribution in [1.29, 1.82) is 0 Å². The highest BCUT2D eigenvalue weighted by atomic mass is 35.5. The van der Waals surface area contributed by atoms with Crippen molar-refractivity contribution >= 4 is 11.6 Å². The summed E-state index contributed by atoms with van der Waals surface area (Å²) in [6.07, 6.45) is 6.45. The Labute approximate surface area is 101 Å². The molecule has 1 aromatic rings. The fourth-order valence-corrected chi connectivity index (χ4v) is 2.28. The van der Waals surface area contributed by atoms with Crippen LogP contribution in [-0.2, 0) is 6.54 Å². The van der Waals surface area contributed by atoms with Gasteiger partial charge in [0.15, 0.2) is 0 Å². The van der Waals surface area contributed by atoms with Crippen LogP contribution in [0.1, 0.15) is 31.4 Å². The number of nitrogens with zero attached hydrogens (tertiary/aromatic N) is 2. The molecule has 2 atom stereocenters. The molecule has 0 aliphatic heterocycles. The molecule has 1 aliphatic rings. The van der Waals surface area contributed by atoms with Crippen molar-refractivity contribution in [3.05, 3.63) is 23.2 Å². The van der Waals surface area contributed by atoms with Crippen LogP contribution in [0.4, 0.5) is 0 Å². The molecule has 0 saturated heterocycles. The Morgan fingerprint density at radius 2 is 2.25 bits per heavy atom. The maximum Gasteiger partial charge on any atom is 0.222 e. The second kappa shape index (κ2) is 5.57. The van der Waals surface area contributed by atoms with Gasteiger partial charge in [-0.1, -0.05) is 12.8 Å². The van der Waals surface area contributed by atoms with Crippen molar-refractivity contribution in [2.75, 3.05) is 0 Å². The molecule has 4 nitrogen and oxygen atoms in total. The first-order valence-electron chi connectivity index (χ1n) is 5.72. The number of rotatable bonds is 3. The summed E-state index contributed by atoms with van der Waals surface area (Å²) in [7, 11) is 0. The molecule has 1 aliphatic carbocycles. The van der Waals surface area contributed by atoms with E-state index >= 15 is 0 Å². The Morgan fingerprint density at radius 3 is 3.00 bits per heavy atom. The molecule has 2 rings (SSSR count). The van der Waals surface area contributed by atoms with Gasteiger partial charge in [-0.25, -0.2) is 9.97 Å². The lowest BCUT2D eigenvalue weighted by molar-refractivity contribution is 0.325. The summed E-state index contributed by atoms with van der Waals surface area (Å²) < 4.78 is 0. The van der Waals surface area contributed by atoms with Gasteiger partial charge in [0.2, 0.25) is 5.28 Å². The minimum absolute atomic E-state index is 0.269. The first-order chi connectivity index (χ1) is 7.75. The Balaban J connectivity index is 1.86. The third kappa shape index (κ3) is 3.14. The van der Waals surface area contributed by atoms with Crippen LogP contribution in [0.25, 0.3) is 0 Å². The van der Waals surface area contributed by atoms with E-state index in [1.807, 2.05) is 6.07 Å². The lowest BCUT2D eigenvalue weighted by Gasteiger charge is -2.29. The van der Waals surface area contributed by atoms with Crippen LogP contribution in [0.2, 0.25) is 5.28 Å². The standard InChI is InChI=1S/C11H17ClN4/c12-11-14-6-5-8(16-11)7-15-10-4-2-1-3-9(10)13/h5-6,9-10,15H,1-4,7,13H2/t9-,10+/m0/s1. The molecule has 0 aromatic carbocycles. The molecule has 1 heterocycles. The summed E-state index contributed by atoms with van der Waals surface area (Å²) >= 11 is 5.72. The van der Waals surface area contributed by atoms with Gasteiger partial charge >= 0.3 is 0 Å². The molecule has 3 N–H and O–H groups in total. The van der Waals surface area contributed by atoms with Crippen molar-refractivity contribution in [2.24, 2.45) is 5.73 Å². The molecule has 1 aromatic heterocycles. The highest BCUT2D eigenvalue weighted by molar-refractivity contribution is 6.28. The van der Waals surface area contributed by atoms with Crippen LogP contribution in [0.3, 0.4) is 0 Å². The van der Waals surface area contributed by atoms with Gasteiger partial charge in [0.25, 0.3) is 0 Å². The van der Waals surface area contributed by atoms with E-state index in [-0.39, 0.29) is 6.04 Å². The minimum atomic E-state index is 0.269. The molecule has 1 saturated carbocycles. The zero-order chi connectivity index (χ0) is 11.4. The van der Waals surface area contributed by atoms with Crippen molar-refractivity contribution < 1.29 is 0 Å². The van der Waals surface area contributed by atoms with Gasteiger partial charge in [-0.15, -0.1) is 0 Å². The third-order valence-electron chi connectivity index (χ3n) is 3.05. The first kappa shape index (κ1) is 11.8. The van der Waals surface area contributed by atoms with Crippen molar-refractivity contribution in [2.45, 2.75) is 44.3 Å². The second-order valence-corrected chi connectivity index (χ2v) is 4.59. The molecule has 0 unspecified atom stereocenters. The number of nitrogens with two attached hydrogens (primary N) is 1. The molecule has 16 heavy (non-hydrogen) atoms. The quantitative estimate of drug-likeness (QED) is 0.786. The largest absolute Gasteiger partial charge is 0.326 e. The predicted octanol–water partition coefficient (Wildman–Crippen LogP) is 1.49. The molecule has 0 amide bonds. The van der Waals surface area contributed by atoms with Crippen LogP contribution in [0.15, 0.2) is 12.3 Å². The van der Waals surface area contributed by atoms with Crippen LogP contribution in [0.5, 0.6) is 0 Å². The molecule has 1 fully saturated rings. The Kier molecular flexibility index (Phi) is 4.09. The minimum Gasteiger partial charge on any atom is -0.326 e. The lowest BCUT2D eigenvalue weighted by atomic mass is 9.91. The summed E-state index contributed by atoms with van der Waals surface area (Å²) in [6.45, 7) is 0.709. The molecule has 0 radical (unpaired) electrons. The maximum atomic E-state index is 6.05. The number of nitrogens with one attached hydrogen (secondary N) is 1. The fraction of sp³-hybridized carbons (Fsp3) is 0.636. The van der Waals surface area contributed by atoms with E-state index in [0.717, 1.165) is 18.5 Å². The van der Waals surface area contributed by atoms with Gasteiger partial charge in [0.05, 0.1) is 5.69 Å². The third-order valence-corrected chi connectivity index (χ3v) is 3.23. The molecular formula is C11H17ClN4. The summed E-state index contributed by atoms with van der Waals surface area (Å²) in [5, 5.41) is 3.74. The zero-order valence-corrected chi connectivity index (χ0v) is 9.95. The normalized spacial score (nSPS) is 25.6. The van der Waals surface area contributed by atoms with E-state index in [1.165, 1.54) is 12.8 Å². The number of aromatic nitrogens is 2. The highest BCUT2D eigenvalue weighted by Crippen LogP contribution is 2.17. The van der Waals surface area contributed by atoms with Crippen LogP contribution < -0.4 is 11.1 Å². The number of hydrogen-bond acceptors (Lipinski definition) is 4. The van der Waals surface area contributed by atoms with Crippen LogP contribution >= 0.6 is 11.6 Å². The van der Waals surface area contributed by atoms with Crippen molar-refractivity contribution in [1.82, 2.24) is 15.3 Å². The molecular weight excluding hydrogens is 224 g/mol. The van der Waals surface area contributed by atoms with Gasteiger partial charge in [0, 0.05) is 24.8 Å². The Morgan fingerprint density at radius 1 is 1.44 bits per heavy atom. The molecule has 0 spiro atoms. The zero-order valence-electron chi connectivity index (χ0n) is 9.19. The van der Waals surface area contributed by atoms with Gasteiger partial charge in [-0.2, -0.15) is 0 Å². The summed E-state index contributed by atoms with van der Waals surface area (Å²) in [5.41, 5.74) is 6.97. The lowest BCUT2D eigenvalue weighted by Crippen LogP contribution is -2.46. The number of hydrogen-bond donors (Lipinski definition) is 2. The fourth-order valence-electron chi connectivity index (χ4n) is 2.12. The molecule has 5 heteroatoms. The average Bonchev–Trinajstić information content (AvgIpc) is 2.28. The van der Waals surface area contributed by atoms with E-state index in [4.69, 9.17) is 17.3 Å². The second-order valence-electron chi connectivity index (χ2n) is 4.25. The molecule has 0 bridgehead atoms. The van der Waals surface area contributed by atoms with Gasteiger partial charge in [-0.05, 0) is 30.5 Å². The first-order valence-corrected chi connectivity index (χ1v) is 6.10. The van der Waals surface area contributed by atoms with Crippen molar-refractivity contribution in [3.8, 4) is 0 Å². The Bertz CT molecular complexity index is 345. The summed E-state index contributed by atoms with van der Waals surface area (Å²) in [5.74, 6) is 0. The predicted molar refractivity (Wildman–Crippen MR) is 64.1 cm³/mol. The number of halogens is 1. The van der Waals surface area contributed by atoms with Crippen LogP contribution in [-0.4, -0.2) is 22.1 Å². The smallest absolute Gasteiger partial charge is 0.222 e. The van der Waals surface area contributed by atoms with Gasteiger partial charge in [0.1, 0.15) is 0 Å². The van der Waals surface area contributed by atoms with E-state index in [2.05, 4.69) is 15.3 Å². The SMILES string of the molecule is N[C@H]1CCCC[C@H]1NCc1ccnc(Cl)n1. The summed E-state index contributed by atoms with van der Waals surface area (Å²) in [6, 6.07) is 2.54. The van der Waals surface area contributed by atoms with E-state index in [1.54, 1.807) is 6.20 Å². The topological polar surface area (TPSA) is 63.8 Å².